The molecule has 0 radical (unpaired) electrons. The van der Waals surface area contributed by atoms with Crippen molar-refractivity contribution in [1.82, 2.24) is 0 Å². The first-order valence-corrected chi connectivity index (χ1v) is 19.1. The molecular formula is C38H72O7. The Hall–Kier alpha value is -1.63. The molecule has 7 nitrogen and oxygen atoms in total. The highest BCUT2D eigenvalue weighted by molar-refractivity contribution is 5.89. The van der Waals surface area contributed by atoms with E-state index in [0.29, 0.717) is 12.8 Å². The molecule has 0 bridgehead atoms. The minimum atomic E-state index is -2.41. The molecule has 7 heteroatoms. The van der Waals surface area contributed by atoms with Gasteiger partial charge in [-0.15, -0.1) is 0 Å². The van der Waals surface area contributed by atoms with Crippen molar-refractivity contribution in [1.29, 1.82) is 0 Å². The molecule has 0 saturated carbocycles. The van der Waals surface area contributed by atoms with E-state index in [1.165, 1.54) is 135 Å². The minimum absolute atomic E-state index is 0.104. The zero-order valence-electron chi connectivity index (χ0n) is 29.6. The van der Waals surface area contributed by atoms with Crippen LogP contribution < -0.4 is 0 Å². The van der Waals surface area contributed by atoms with Gasteiger partial charge in [-0.1, -0.05) is 181 Å². The number of ether oxygens (including phenoxy) is 2. The predicted molar refractivity (Wildman–Crippen MR) is 184 cm³/mol. The van der Waals surface area contributed by atoms with Gasteiger partial charge in [0.15, 0.2) is 5.60 Å². The summed E-state index contributed by atoms with van der Waals surface area (Å²) in [6.45, 7) is 4.80. The van der Waals surface area contributed by atoms with E-state index in [1.807, 2.05) is 0 Å². The van der Waals surface area contributed by atoms with E-state index < -0.39 is 36.4 Å². The van der Waals surface area contributed by atoms with Gasteiger partial charge in [0, 0.05) is 0 Å². The Balaban J connectivity index is 3.88. The number of unbranched alkanes of at least 4 members (excludes halogenated alkanes) is 26. The fraction of sp³-hybridized carbons (Fsp3) is 0.921. The third-order valence-electron chi connectivity index (χ3n) is 8.75. The molecule has 0 amide bonds. The molecule has 0 aromatic carbocycles. The minimum Gasteiger partial charge on any atom is -0.481 e. The third-order valence-corrected chi connectivity index (χ3v) is 8.75. The molecule has 0 fully saturated rings. The number of rotatable bonds is 35. The lowest BCUT2D eigenvalue weighted by atomic mass is 9.95. The van der Waals surface area contributed by atoms with E-state index in [-0.39, 0.29) is 13.2 Å². The van der Waals surface area contributed by atoms with Crippen molar-refractivity contribution in [3.05, 3.63) is 0 Å². The van der Waals surface area contributed by atoms with Crippen LogP contribution in [0, 0.1) is 0 Å². The number of aliphatic hydroxyl groups is 1. The maximum Gasteiger partial charge on any atom is 0.339 e. The first kappa shape index (κ1) is 43.4. The number of esters is 2. The Kier molecular flexibility index (Phi) is 31.1. The Bertz CT molecular complexity index is 696. The van der Waals surface area contributed by atoms with Crippen molar-refractivity contribution in [2.75, 3.05) is 13.2 Å². The molecule has 266 valence electrons. The smallest absolute Gasteiger partial charge is 0.339 e. The van der Waals surface area contributed by atoms with E-state index in [2.05, 4.69) is 13.8 Å². The van der Waals surface area contributed by atoms with Crippen molar-refractivity contribution in [2.24, 2.45) is 0 Å². The third kappa shape index (κ3) is 29.5. The highest BCUT2D eigenvalue weighted by atomic mass is 16.6. The monoisotopic (exact) mass is 641 g/mol. The first-order chi connectivity index (χ1) is 21.9. The summed E-state index contributed by atoms with van der Waals surface area (Å²) in [6, 6.07) is 0. The summed E-state index contributed by atoms with van der Waals surface area (Å²) in [7, 11) is 0. The summed E-state index contributed by atoms with van der Waals surface area (Å²) in [5.74, 6) is -3.21. The molecule has 2 N–H and O–H groups in total. The lowest BCUT2D eigenvalue weighted by molar-refractivity contribution is -0.176. The van der Waals surface area contributed by atoms with Crippen LogP contribution in [-0.2, 0) is 23.9 Å². The van der Waals surface area contributed by atoms with E-state index in [0.717, 1.165) is 32.1 Å². The molecule has 0 rings (SSSR count). The second-order valence-corrected chi connectivity index (χ2v) is 13.3. The second kappa shape index (κ2) is 32.3. The normalized spacial score (nSPS) is 12.6. The van der Waals surface area contributed by atoms with Gasteiger partial charge < -0.3 is 19.7 Å². The molecule has 0 saturated heterocycles. The number of carbonyl (C=O) groups is 3. The van der Waals surface area contributed by atoms with Crippen molar-refractivity contribution in [3.8, 4) is 0 Å². The van der Waals surface area contributed by atoms with Crippen LogP contribution in [0.2, 0.25) is 0 Å². The summed E-state index contributed by atoms with van der Waals surface area (Å²) in [6.07, 6.45) is 32.6. The van der Waals surface area contributed by atoms with Crippen molar-refractivity contribution in [3.63, 3.8) is 0 Å². The first-order valence-electron chi connectivity index (χ1n) is 19.1. The summed E-state index contributed by atoms with van der Waals surface area (Å²) in [4.78, 5) is 36.1. The summed E-state index contributed by atoms with van der Waals surface area (Å²) < 4.78 is 10.4. The van der Waals surface area contributed by atoms with Gasteiger partial charge in [-0.2, -0.15) is 0 Å². The Morgan fingerprint density at radius 3 is 1.04 bits per heavy atom. The van der Waals surface area contributed by atoms with Crippen LogP contribution in [0.4, 0.5) is 0 Å². The topological polar surface area (TPSA) is 110 Å². The van der Waals surface area contributed by atoms with Gasteiger partial charge in [0.1, 0.15) is 0 Å². The van der Waals surface area contributed by atoms with E-state index >= 15 is 0 Å². The molecule has 0 heterocycles. The number of carboxylic acids is 1. The number of carboxylic acid groups (broad SMARTS) is 1. The van der Waals surface area contributed by atoms with Crippen LogP contribution in [0.15, 0.2) is 0 Å². The molecule has 0 spiro atoms. The van der Waals surface area contributed by atoms with Gasteiger partial charge in [0.2, 0.25) is 0 Å². The highest BCUT2D eigenvalue weighted by Gasteiger charge is 2.42. The van der Waals surface area contributed by atoms with Gasteiger partial charge in [0.25, 0.3) is 0 Å². The van der Waals surface area contributed by atoms with E-state index in [4.69, 9.17) is 9.47 Å². The average Bonchev–Trinajstić information content (AvgIpc) is 3.00. The molecule has 45 heavy (non-hydrogen) atoms. The Morgan fingerprint density at radius 1 is 0.444 bits per heavy atom. The number of carbonyl (C=O) groups excluding carboxylic acids is 2. The lowest BCUT2D eigenvalue weighted by Gasteiger charge is -2.23. The Morgan fingerprint density at radius 2 is 0.733 bits per heavy atom. The van der Waals surface area contributed by atoms with Crippen LogP contribution in [0.1, 0.15) is 206 Å². The standard InChI is InChI=1S/C38H72O7/c1-3-5-7-9-11-13-15-17-19-21-23-25-27-29-31-44-36(41)34-38(43,33-35(39)40)37(42)45-32-30-28-26-24-22-20-18-16-14-12-10-8-6-4-2/h43H,3-34H2,1-2H3,(H,39,40). The predicted octanol–water partition coefficient (Wildman–Crippen LogP) is 10.6. The number of hydrogen-bond donors (Lipinski definition) is 2. The fourth-order valence-electron chi connectivity index (χ4n) is 5.83. The molecule has 0 aliphatic heterocycles. The maximum atomic E-state index is 12.5. The summed E-state index contributed by atoms with van der Waals surface area (Å²) in [5, 5.41) is 19.9. The zero-order chi connectivity index (χ0) is 33.3. The van der Waals surface area contributed by atoms with Crippen LogP contribution in [0.25, 0.3) is 0 Å². The van der Waals surface area contributed by atoms with E-state index in [9.17, 15) is 24.6 Å². The molecule has 1 unspecified atom stereocenters. The highest BCUT2D eigenvalue weighted by Crippen LogP contribution is 2.20. The van der Waals surface area contributed by atoms with Crippen molar-refractivity contribution in [2.45, 2.75) is 212 Å². The quantitative estimate of drug-likeness (QED) is 0.0524. The molecular weight excluding hydrogens is 568 g/mol. The van der Waals surface area contributed by atoms with Crippen LogP contribution in [-0.4, -0.2) is 46.9 Å². The molecule has 1 atom stereocenters. The van der Waals surface area contributed by atoms with Gasteiger partial charge in [-0.3, -0.25) is 9.59 Å². The summed E-state index contributed by atoms with van der Waals surface area (Å²) in [5.41, 5.74) is -2.41. The maximum absolute atomic E-state index is 12.5. The SMILES string of the molecule is CCCCCCCCCCCCCCCCOC(=O)CC(O)(CC(=O)O)C(=O)OCCCCCCCCCCCCCCCC. The zero-order valence-corrected chi connectivity index (χ0v) is 29.6. The molecule has 0 aromatic rings. The molecule has 0 aromatic heterocycles. The fourth-order valence-corrected chi connectivity index (χ4v) is 5.83. The van der Waals surface area contributed by atoms with Crippen LogP contribution >= 0.6 is 0 Å². The number of hydrogen-bond acceptors (Lipinski definition) is 6. The van der Waals surface area contributed by atoms with Gasteiger partial charge in [-0.25, -0.2) is 4.79 Å². The van der Waals surface area contributed by atoms with Crippen LogP contribution in [0.3, 0.4) is 0 Å². The largest absolute Gasteiger partial charge is 0.481 e. The van der Waals surface area contributed by atoms with Gasteiger partial charge in [0.05, 0.1) is 26.1 Å². The summed E-state index contributed by atoms with van der Waals surface area (Å²) >= 11 is 0. The van der Waals surface area contributed by atoms with Gasteiger partial charge >= 0.3 is 17.9 Å². The van der Waals surface area contributed by atoms with Crippen molar-refractivity contribution < 1.29 is 34.1 Å². The van der Waals surface area contributed by atoms with E-state index in [1.54, 1.807) is 0 Å². The lowest BCUT2D eigenvalue weighted by Crippen LogP contribution is -2.44. The van der Waals surface area contributed by atoms with Crippen LogP contribution in [0.5, 0.6) is 0 Å². The average molecular weight is 641 g/mol. The second-order valence-electron chi connectivity index (χ2n) is 13.3. The van der Waals surface area contributed by atoms with Gasteiger partial charge in [-0.05, 0) is 12.8 Å². The van der Waals surface area contributed by atoms with Crippen molar-refractivity contribution >= 4 is 17.9 Å². The number of aliphatic carboxylic acids is 1. The molecule has 0 aliphatic carbocycles. The molecule has 0 aliphatic rings. The Labute approximate surface area is 277 Å².